The van der Waals surface area contributed by atoms with Gasteiger partial charge in [0, 0.05) is 0 Å². The first kappa shape index (κ1) is 15.3. The fourth-order valence-corrected chi connectivity index (χ4v) is 6.55. The Morgan fingerprint density at radius 2 is 1.00 bits per heavy atom. The van der Waals surface area contributed by atoms with Gasteiger partial charge in [-0.25, -0.2) is 0 Å². The first-order valence-electron chi connectivity index (χ1n) is 7.24. The van der Waals surface area contributed by atoms with Gasteiger partial charge in [0.1, 0.15) is 0 Å². The van der Waals surface area contributed by atoms with E-state index in [0.29, 0.717) is 0 Å². The fourth-order valence-electron chi connectivity index (χ4n) is 2.38. The topological polar surface area (TPSA) is 0 Å². The summed E-state index contributed by atoms with van der Waals surface area (Å²) >= 11 is 3.52. The molecule has 0 spiro atoms. The maximum atomic E-state index is 3.52. The van der Waals surface area contributed by atoms with E-state index in [1.165, 1.54) is 16.2 Å². The van der Waals surface area contributed by atoms with Gasteiger partial charge in [-0.2, -0.15) is 0 Å². The molecule has 3 rings (SSSR count). The van der Waals surface area contributed by atoms with Crippen LogP contribution in [0.4, 0.5) is 0 Å². The van der Waals surface area contributed by atoms with E-state index in [4.69, 9.17) is 0 Å². The molecule has 0 bridgehead atoms. The molecule has 0 radical (unpaired) electrons. The molecule has 2 heteroatoms. The van der Waals surface area contributed by atoms with Crippen LogP contribution in [0.15, 0.2) is 96.8 Å². The van der Waals surface area contributed by atoms with Crippen molar-refractivity contribution in [3.8, 4) is 0 Å². The molecule has 0 aliphatic carbocycles. The molecule has 0 atom stereocenters. The van der Waals surface area contributed by atoms with Gasteiger partial charge in [-0.1, -0.05) is 0 Å². The molecule has 0 nitrogen and oxygen atoms in total. The maximum absolute atomic E-state index is 3.52. The van der Waals surface area contributed by atoms with Crippen LogP contribution in [-0.2, 0) is 0 Å². The Balaban J connectivity index is 2.09. The SMILES string of the molecule is [Se]=P(/C=C\c1ccccc1)(c1ccccc1)c1ccccc1. The molecule has 3 aromatic rings. The molecule has 0 aromatic heterocycles. The van der Waals surface area contributed by atoms with E-state index in [1.54, 1.807) is 0 Å². The fraction of sp³-hybridized carbons (Fsp3) is 0. The van der Waals surface area contributed by atoms with E-state index in [2.05, 4.69) is 112 Å². The van der Waals surface area contributed by atoms with Crippen molar-refractivity contribution in [2.24, 2.45) is 0 Å². The van der Waals surface area contributed by atoms with Crippen LogP contribution in [0.3, 0.4) is 0 Å². The molecule has 3 aromatic carbocycles. The van der Waals surface area contributed by atoms with Crippen molar-refractivity contribution in [2.45, 2.75) is 0 Å². The van der Waals surface area contributed by atoms with E-state index in [9.17, 15) is 0 Å². The van der Waals surface area contributed by atoms with Crippen molar-refractivity contribution in [2.75, 3.05) is 0 Å². The van der Waals surface area contributed by atoms with Gasteiger partial charge in [-0.15, -0.1) is 0 Å². The van der Waals surface area contributed by atoms with Gasteiger partial charge in [0.05, 0.1) is 0 Å². The molecule has 0 aliphatic heterocycles. The molecule has 0 saturated heterocycles. The van der Waals surface area contributed by atoms with E-state index in [0.717, 1.165) is 0 Å². The summed E-state index contributed by atoms with van der Waals surface area (Å²) in [4.78, 5) is 0. The quantitative estimate of drug-likeness (QED) is 0.473. The standard InChI is InChI=1S/C20H17PSe/c22-21(19-12-6-2-7-13-19,20-14-8-3-9-15-20)17-16-18-10-4-1-5-11-18/h1-17H/b17-16-. The third-order valence-electron chi connectivity index (χ3n) is 3.56. The minimum absolute atomic E-state index is 1.23. The predicted octanol–water partition coefficient (Wildman–Crippen LogP) is 4.41. The van der Waals surface area contributed by atoms with E-state index >= 15 is 0 Å². The van der Waals surface area contributed by atoms with Crippen LogP contribution < -0.4 is 10.6 Å². The monoisotopic (exact) mass is 368 g/mol. The zero-order valence-corrected chi connectivity index (χ0v) is 14.8. The average Bonchev–Trinajstić information content (AvgIpc) is 2.62. The van der Waals surface area contributed by atoms with Crippen molar-refractivity contribution in [3.05, 3.63) is 102 Å². The van der Waals surface area contributed by atoms with Crippen LogP contribution >= 0.6 is 5.51 Å². The Bertz CT molecular complexity index is 749. The molecular weight excluding hydrogens is 350 g/mol. The summed E-state index contributed by atoms with van der Waals surface area (Å²) in [5, 5.41) is 2.71. The second-order valence-electron chi connectivity index (χ2n) is 5.06. The molecule has 0 N–H and O–H groups in total. The van der Waals surface area contributed by atoms with Crippen LogP contribution in [0.1, 0.15) is 5.56 Å². The molecule has 22 heavy (non-hydrogen) atoms. The molecule has 0 heterocycles. The van der Waals surface area contributed by atoms with Crippen LogP contribution in [0.25, 0.3) is 6.08 Å². The molecule has 0 aliphatic rings. The third-order valence-corrected chi connectivity index (χ3v) is 9.68. The first-order chi connectivity index (χ1) is 10.8. The molecule has 0 amide bonds. The van der Waals surface area contributed by atoms with Crippen molar-refractivity contribution in [3.63, 3.8) is 0 Å². The zero-order chi connectivity index (χ0) is 15.3. The Labute approximate surface area is 139 Å². The number of rotatable bonds is 4. The minimum atomic E-state index is -1.65. The van der Waals surface area contributed by atoms with E-state index in [-0.39, 0.29) is 0 Å². The normalized spacial score (nSPS) is 11.6. The first-order valence-corrected chi connectivity index (χ1v) is 11.3. The Kier molecular flexibility index (Phi) is 4.90. The van der Waals surface area contributed by atoms with Crippen molar-refractivity contribution >= 4 is 37.3 Å². The van der Waals surface area contributed by atoms with Crippen molar-refractivity contribution in [1.29, 1.82) is 0 Å². The average molecular weight is 367 g/mol. The van der Waals surface area contributed by atoms with Gasteiger partial charge in [0.2, 0.25) is 0 Å². The molecule has 108 valence electrons. The van der Waals surface area contributed by atoms with Crippen molar-refractivity contribution < 1.29 is 0 Å². The Morgan fingerprint density at radius 1 is 0.591 bits per heavy atom. The second kappa shape index (κ2) is 7.07. The summed E-state index contributed by atoms with van der Waals surface area (Å²) in [5.74, 6) is 2.35. The van der Waals surface area contributed by atoms with Crippen LogP contribution in [-0.4, -0.2) is 15.1 Å². The third kappa shape index (κ3) is 3.39. The molecule has 0 saturated carbocycles. The molecule has 0 unspecified atom stereocenters. The van der Waals surface area contributed by atoms with Gasteiger partial charge < -0.3 is 0 Å². The van der Waals surface area contributed by atoms with Crippen LogP contribution in [0.2, 0.25) is 0 Å². The number of hydrogen-bond donors (Lipinski definition) is 0. The van der Waals surface area contributed by atoms with Gasteiger partial charge in [-0.3, -0.25) is 0 Å². The molecule has 0 fully saturated rings. The van der Waals surface area contributed by atoms with E-state index in [1.807, 2.05) is 6.07 Å². The summed E-state index contributed by atoms with van der Waals surface area (Å²) in [6, 6.07) is 31.9. The predicted molar refractivity (Wildman–Crippen MR) is 100 cm³/mol. The Hall–Kier alpha value is -1.65. The Morgan fingerprint density at radius 3 is 1.45 bits per heavy atom. The van der Waals surface area contributed by atoms with Crippen LogP contribution in [0, 0.1) is 0 Å². The van der Waals surface area contributed by atoms with Crippen molar-refractivity contribution in [1.82, 2.24) is 0 Å². The molecular formula is C20H17PSe. The summed E-state index contributed by atoms with van der Waals surface area (Å²) in [7, 11) is 0. The summed E-state index contributed by atoms with van der Waals surface area (Å²) in [6.45, 7) is 0. The van der Waals surface area contributed by atoms with Gasteiger partial charge in [-0.05, 0) is 0 Å². The van der Waals surface area contributed by atoms with E-state index < -0.39 is 5.51 Å². The van der Waals surface area contributed by atoms with Gasteiger partial charge >= 0.3 is 140 Å². The van der Waals surface area contributed by atoms with Gasteiger partial charge in [0.15, 0.2) is 0 Å². The number of hydrogen-bond acceptors (Lipinski definition) is 0. The summed E-state index contributed by atoms with van der Waals surface area (Å²) in [5.41, 5.74) is -0.415. The summed E-state index contributed by atoms with van der Waals surface area (Å²) < 4.78 is 0. The number of benzene rings is 3. The summed E-state index contributed by atoms with van der Waals surface area (Å²) in [6.07, 6.45) is 2.23. The second-order valence-corrected chi connectivity index (χ2v) is 11.3. The van der Waals surface area contributed by atoms with Gasteiger partial charge in [0.25, 0.3) is 0 Å². The zero-order valence-electron chi connectivity index (χ0n) is 12.2. The van der Waals surface area contributed by atoms with Crippen LogP contribution in [0.5, 0.6) is 0 Å².